The van der Waals surface area contributed by atoms with Gasteiger partial charge < -0.3 is 20.1 Å². The summed E-state index contributed by atoms with van der Waals surface area (Å²) in [6, 6.07) is 7.67. The van der Waals surface area contributed by atoms with E-state index in [1.54, 1.807) is 0 Å². The lowest BCUT2D eigenvalue weighted by Gasteiger charge is -2.28. The van der Waals surface area contributed by atoms with Gasteiger partial charge in [-0.25, -0.2) is 4.79 Å². The normalized spacial score (nSPS) is 16.8. The van der Waals surface area contributed by atoms with Crippen molar-refractivity contribution in [2.75, 3.05) is 13.1 Å². The van der Waals surface area contributed by atoms with Gasteiger partial charge in [-0.15, -0.1) is 0 Å². The topological polar surface area (TPSA) is 59.6 Å². The smallest absolute Gasteiger partial charge is 0.408 e. The highest BCUT2D eigenvalue weighted by molar-refractivity contribution is 5.68. The van der Waals surface area contributed by atoms with E-state index in [1.165, 1.54) is 0 Å². The molecule has 5 nitrogen and oxygen atoms in total. The second-order valence-electron chi connectivity index (χ2n) is 6.34. The second kappa shape index (κ2) is 6.35. The molecular formula is C16H24N2O3. The van der Waals surface area contributed by atoms with E-state index in [4.69, 9.17) is 9.47 Å². The van der Waals surface area contributed by atoms with E-state index in [2.05, 4.69) is 10.6 Å². The molecule has 116 valence electrons. The molecule has 2 rings (SSSR count). The molecule has 1 saturated heterocycles. The summed E-state index contributed by atoms with van der Waals surface area (Å²) in [6.07, 6.45) is -0.135. The van der Waals surface area contributed by atoms with Crippen LogP contribution >= 0.6 is 0 Å². The zero-order valence-electron chi connectivity index (χ0n) is 13.1. The Bertz CT molecular complexity index is 475. The third-order valence-electron chi connectivity index (χ3n) is 3.16. The quantitative estimate of drug-likeness (QED) is 0.895. The van der Waals surface area contributed by atoms with Crippen molar-refractivity contribution in [3.8, 4) is 5.75 Å². The van der Waals surface area contributed by atoms with Crippen LogP contribution in [0.1, 0.15) is 39.3 Å². The standard InChI is InChI=1S/C16H24N2O3/c1-11(18-15(19)21-16(2,3)4)12-5-7-13(8-6-12)20-14-9-17-10-14/h5-8,11,14,17H,9-10H2,1-4H3,(H,18,19). The number of carbonyl (C=O) groups is 1. The average Bonchev–Trinajstić information content (AvgIpc) is 2.32. The minimum Gasteiger partial charge on any atom is -0.488 e. The van der Waals surface area contributed by atoms with Crippen molar-refractivity contribution in [2.45, 2.75) is 45.4 Å². The first kappa shape index (κ1) is 15.6. The van der Waals surface area contributed by atoms with Gasteiger partial charge in [0.25, 0.3) is 0 Å². The maximum atomic E-state index is 11.7. The van der Waals surface area contributed by atoms with Gasteiger partial charge in [-0.1, -0.05) is 12.1 Å². The van der Waals surface area contributed by atoms with Gasteiger partial charge in [-0.3, -0.25) is 0 Å². The number of nitrogens with one attached hydrogen (secondary N) is 2. The monoisotopic (exact) mass is 292 g/mol. The molecule has 0 saturated carbocycles. The van der Waals surface area contributed by atoms with E-state index >= 15 is 0 Å². The van der Waals surface area contributed by atoms with Crippen LogP contribution in [-0.2, 0) is 4.74 Å². The molecule has 2 N–H and O–H groups in total. The number of amides is 1. The van der Waals surface area contributed by atoms with Gasteiger partial charge >= 0.3 is 6.09 Å². The van der Waals surface area contributed by atoms with Crippen LogP contribution in [0.25, 0.3) is 0 Å². The van der Waals surface area contributed by atoms with Crippen LogP contribution in [0.4, 0.5) is 4.79 Å². The Morgan fingerprint density at radius 1 is 1.29 bits per heavy atom. The summed E-state index contributed by atoms with van der Waals surface area (Å²) < 4.78 is 11.0. The van der Waals surface area contributed by atoms with Crippen LogP contribution in [0.2, 0.25) is 0 Å². The van der Waals surface area contributed by atoms with E-state index in [9.17, 15) is 4.79 Å². The third-order valence-corrected chi connectivity index (χ3v) is 3.16. The lowest BCUT2D eigenvalue weighted by molar-refractivity contribution is 0.0508. The molecule has 0 spiro atoms. The lowest BCUT2D eigenvalue weighted by atomic mass is 10.1. The Morgan fingerprint density at radius 2 is 1.90 bits per heavy atom. The van der Waals surface area contributed by atoms with Gasteiger partial charge in [0, 0.05) is 13.1 Å². The summed E-state index contributed by atoms with van der Waals surface area (Å²) in [7, 11) is 0. The van der Waals surface area contributed by atoms with Crippen molar-refractivity contribution < 1.29 is 14.3 Å². The molecule has 0 aliphatic carbocycles. The highest BCUT2D eigenvalue weighted by Gasteiger charge is 2.19. The summed E-state index contributed by atoms with van der Waals surface area (Å²) in [5.74, 6) is 0.856. The molecule has 1 aromatic rings. The van der Waals surface area contributed by atoms with Crippen molar-refractivity contribution in [1.29, 1.82) is 0 Å². The Kier molecular flexibility index (Phi) is 4.73. The Morgan fingerprint density at radius 3 is 2.38 bits per heavy atom. The van der Waals surface area contributed by atoms with Gasteiger partial charge in [0.1, 0.15) is 17.5 Å². The molecule has 1 aliphatic heterocycles. The fourth-order valence-electron chi connectivity index (χ4n) is 1.94. The molecule has 1 heterocycles. The van der Waals surface area contributed by atoms with Gasteiger partial charge in [0.15, 0.2) is 0 Å². The maximum absolute atomic E-state index is 11.7. The molecular weight excluding hydrogens is 268 g/mol. The van der Waals surface area contributed by atoms with Crippen molar-refractivity contribution in [2.24, 2.45) is 0 Å². The van der Waals surface area contributed by atoms with E-state index in [0.29, 0.717) is 0 Å². The molecule has 0 radical (unpaired) electrons. The summed E-state index contributed by atoms with van der Waals surface area (Å²) in [4.78, 5) is 11.7. The highest BCUT2D eigenvalue weighted by atomic mass is 16.6. The van der Waals surface area contributed by atoms with E-state index in [0.717, 1.165) is 24.4 Å². The molecule has 1 unspecified atom stereocenters. The SMILES string of the molecule is CC(NC(=O)OC(C)(C)C)c1ccc(OC2CNC2)cc1. The van der Waals surface area contributed by atoms with Crippen molar-refractivity contribution in [3.05, 3.63) is 29.8 Å². The molecule has 1 fully saturated rings. The van der Waals surface area contributed by atoms with Crippen molar-refractivity contribution >= 4 is 6.09 Å². The van der Waals surface area contributed by atoms with Gasteiger partial charge in [0.2, 0.25) is 0 Å². The third kappa shape index (κ3) is 4.93. The zero-order chi connectivity index (χ0) is 15.5. The number of ether oxygens (including phenoxy) is 2. The fourth-order valence-corrected chi connectivity index (χ4v) is 1.94. The summed E-state index contributed by atoms with van der Waals surface area (Å²) in [5, 5.41) is 5.99. The number of hydrogen-bond donors (Lipinski definition) is 2. The van der Waals surface area contributed by atoms with Crippen LogP contribution in [0, 0.1) is 0 Å². The summed E-state index contributed by atoms with van der Waals surface area (Å²) in [5.41, 5.74) is 0.526. The molecule has 5 heteroatoms. The predicted molar refractivity (Wildman–Crippen MR) is 81.5 cm³/mol. The number of hydrogen-bond acceptors (Lipinski definition) is 4. The van der Waals surface area contributed by atoms with Gasteiger partial charge in [-0.2, -0.15) is 0 Å². The van der Waals surface area contributed by atoms with Gasteiger partial charge in [-0.05, 0) is 45.4 Å². The van der Waals surface area contributed by atoms with Crippen LogP contribution in [0.15, 0.2) is 24.3 Å². The number of benzene rings is 1. The number of carbonyl (C=O) groups excluding carboxylic acids is 1. The molecule has 1 aliphatic rings. The highest BCUT2D eigenvalue weighted by Crippen LogP contribution is 2.19. The zero-order valence-corrected chi connectivity index (χ0v) is 13.1. The predicted octanol–water partition coefficient (Wildman–Crippen LogP) is 2.62. The fraction of sp³-hybridized carbons (Fsp3) is 0.562. The van der Waals surface area contributed by atoms with Gasteiger partial charge in [0.05, 0.1) is 6.04 Å². The second-order valence-corrected chi connectivity index (χ2v) is 6.34. The lowest BCUT2D eigenvalue weighted by Crippen LogP contribution is -2.50. The van der Waals surface area contributed by atoms with Crippen molar-refractivity contribution in [1.82, 2.24) is 10.6 Å². The number of rotatable bonds is 4. The van der Waals surface area contributed by atoms with E-state index in [1.807, 2.05) is 52.0 Å². The maximum Gasteiger partial charge on any atom is 0.408 e. The first-order valence-corrected chi connectivity index (χ1v) is 7.30. The molecule has 1 aromatic carbocycles. The first-order valence-electron chi connectivity index (χ1n) is 7.30. The molecule has 1 amide bonds. The minimum absolute atomic E-state index is 0.112. The molecule has 1 atom stereocenters. The van der Waals surface area contributed by atoms with E-state index < -0.39 is 11.7 Å². The minimum atomic E-state index is -0.488. The molecule has 21 heavy (non-hydrogen) atoms. The molecule has 0 aromatic heterocycles. The van der Waals surface area contributed by atoms with Crippen LogP contribution in [-0.4, -0.2) is 30.9 Å². The van der Waals surface area contributed by atoms with Crippen LogP contribution in [0.3, 0.4) is 0 Å². The Hall–Kier alpha value is -1.75. The first-order chi connectivity index (χ1) is 9.83. The van der Waals surface area contributed by atoms with E-state index in [-0.39, 0.29) is 12.1 Å². The largest absolute Gasteiger partial charge is 0.488 e. The van der Waals surface area contributed by atoms with Crippen molar-refractivity contribution in [3.63, 3.8) is 0 Å². The number of alkyl carbamates (subject to hydrolysis) is 1. The Balaban J connectivity index is 1.86. The average molecular weight is 292 g/mol. The Labute approximate surface area is 126 Å². The van der Waals surface area contributed by atoms with Crippen LogP contribution in [0.5, 0.6) is 5.75 Å². The summed E-state index contributed by atoms with van der Waals surface area (Å²) in [6.45, 7) is 9.27. The molecule has 0 bridgehead atoms. The van der Waals surface area contributed by atoms with Crippen LogP contribution < -0.4 is 15.4 Å². The summed E-state index contributed by atoms with van der Waals surface area (Å²) >= 11 is 0.